The molecule has 0 fully saturated rings. The predicted molar refractivity (Wildman–Crippen MR) is 136 cm³/mol. The Morgan fingerprint density at radius 1 is 0.545 bits per heavy atom. The second-order valence-corrected chi connectivity index (χ2v) is 11.2. The lowest BCUT2D eigenvalue weighted by atomic mass is 10.0. The fourth-order valence-corrected chi connectivity index (χ4v) is 5.68. The number of phenolic OH excluding ortho intramolecular Hbond substituents is 2. The first-order chi connectivity index (χ1) is 15.9. The van der Waals surface area contributed by atoms with E-state index in [-0.39, 0.29) is 21.3 Å². The van der Waals surface area contributed by atoms with Crippen molar-refractivity contribution in [1.29, 1.82) is 0 Å². The maximum Gasteiger partial charge on any atom is 0.206 e. The molecule has 0 heterocycles. The molecule has 184 valence electrons. The molecule has 2 aromatic rings. The first kappa shape index (κ1) is 27.2. The fourth-order valence-electron chi connectivity index (χ4n) is 4.24. The number of aromatic hydroxyl groups is 2. The Labute approximate surface area is 201 Å². The summed E-state index contributed by atoms with van der Waals surface area (Å²) >= 11 is 0. The molecule has 0 bridgehead atoms. The third-order valence-corrected chi connectivity index (χ3v) is 7.87. The number of benzene rings is 2. The average Bonchev–Trinajstić information content (AvgIpc) is 2.78. The number of aryl methyl sites for hydroxylation is 2. The maximum absolute atomic E-state index is 13.3. The van der Waals surface area contributed by atoms with Crippen LogP contribution in [-0.2, 0) is 22.7 Å². The molecule has 0 aliphatic carbocycles. The van der Waals surface area contributed by atoms with Crippen LogP contribution in [0.1, 0.15) is 102 Å². The van der Waals surface area contributed by atoms with E-state index in [1.807, 2.05) is 0 Å². The Balaban J connectivity index is 2.08. The standard InChI is InChI=1S/C28H42O4S/c1-3-5-7-9-11-13-15-23-17-25(29)21-27(19-23)33(31,32)28-20-24(18-26(30)22-28)16-14-12-10-8-6-4-2/h17-22,29-30H,3-16H2,1-2H3. The molecule has 0 amide bonds. The first-order valence-electron chi connectivity index (χ1n) is 12.8. The molecular weight excluding hydrogens is 432 g/mol. The van der Waals surface area contributed by atoms with Gasteiger partial charge in [0.05, 0.1) is 9.79 Å². The van der Waals surface area contributed by atoms with Crippen molar-refractivity contribution in [2.75, 3.05) is 0 Å². The van der Waals surface area contributed by atoms with E-state index in [9.17, 15) is 18.6 Å². The number of unbranched alkanes of at least 4 members (excludes halogenated alkanes) is 10. The Morgan fingerprint density at radius 3 is 1.30 bits per heavy atom. The number of phenols is 2. The summed E-state index contributed by atoms with van der Waals surface area (Å²) in [7, 11) is -3.83. The zero-order chi connectivity index (χ0) is 24.1. The highest BCUT2D eigenvalue weighted by Gasteiger charge is 2.21. The van der Waals surface area contributed by atoms with Crippen molar-refractivity contribution in [1.82, 2.24) is 0 Å². The number of hydrogen-bond donors (Lipinski definition) is 2. The molecule has 0 unspecified atom stereocenters. The summed E-state index contributed by atoms with van der Waals surface area (Å²) in [6, 6.07) is 9.24. The van der Waals surface area contributed by atoms with Crippen LogP contribution in [0.4, 0.5) is 0 Å². The normalized spacial score (nSPS) is 11.7. The minimum absolute atomic E-state index is 0.0375. The van der Waals surface area contributed by atoms with Gasteiger partial charge in [-0.1, -0.05) is 78.1 Å². The monoisotopic (exact) mass is 474 g/mol. The van der Waals surface area contributed by atoms with Crippen molar-refractivity contribution < 1.29 is 18.6 Å². The van der Waals surface area contributed by atoms with Gasteiger partial charge in [-0.25, -0.2) is 8.42 Å². The smallest absolute Gasteiger partial charge is 0.206 e. The van der Waals surface area contributed by atoms with Gasteiger partial charge < -0.3 is 10.2 Å². The minimum Gasteiger partial charge on any atom is -0.508 e. The van der Waals surface area contributed by atoms with Gasteiger partial charge in [-0.2, -0.15) is 0 Å². The highest BCUT2D eigenvalue weighted by Crippen LogP contribution is 2.30. The third kappa shape index (κ3) is 9.40. The van der Waals surface area contributed by atoms with Gasteiger partial charge >= 0.3 is 0 Å². The van der Waals surface area contributed by atoms with Crippen molar-refractivity contribution in [3.63, 3.8) is 0 Å². The van der Waals surface area contributed by atoms with Crippen molar-refractivity contribution in [3.8, 4) is 11.5 Å². The van der Waals surface area contributed by atoms with E-state index < -0.39 is 9.84 Å². The molecule has 5 heteroatoms. The third-order valence-electron chi connectivity index (χ3n) is 6.16. The number of sulfone groups is 1. The van der Waals surface area contributed by atoms with E-state index >= 15 is 0 Å². The fraction of sp³-hybridized carbons (Fsp3) is 0.571. The van der Waals surface area contributed by atoms with Crippen LogP contribution in [0, 0.1) is 0 Å². The van der Waals surface area contributed by atoms with E-state index in [0.717, 1.165) is 49.7 Å². The lowest BCUT2D eigenvalue weighted by Crippen LogP contribution is -2.04. The van der Waals surface area contributed by atoms with E-state index in [4.69, 9.17) is 0 Å². The van der Waals surface area contributed by atoms with Gasteiger partial charge in [0.1, 0.15) is 11.5 Å². The van der Waals surface area contributed by atoms with Crippen LogP contribution in [0.15, 0.2) is 46.2 Å². The van der Waals surface area contributed by atoms with Gasteiger partial charge in [0, 0.05) is 0 Å². The van der Waals surface area contributed by atoms with Gasteiger partial charge in [-0.05, 0) is 73.2 Å². The van der Waals surface area contributed by atoms with E-state index in [0.29, 0.717) is 0 Å². The molecule has 2 aromatic carbocycles. The summed E-state index contributed by atoms with van der Waals surface area (Å²) in [4.78, 5) is 0.166. The second kappa shape index (κ2) is 14.3. The van der Waals surface area contributed by atoms with Gasteiger partial charge in [0.2, 0.25) is 9.84 Å². The largest absolute Gasteiger partial charge is 0.508 e. The molecule has 0 saturated carbocycles. The van der Waals surface area contributed by atoms with Gasteiger partial charge in [0.25, 0.3) is 0 Å². The quantitative estimate of drug-likeness (QED) is 0.244. The van der Waals surface area contributed by atoms with Crippen LogP contribution in [0.2, 0.25) is 0 Å². The molecular formula is C28H42O4S. The van der Waals surface area contributed by atoms with Gasteiger partial charge in [0.15, 0.2) is 0 Å². The zero-order valence-electron chi connectivity index (χ0n) is 20.5. The second-order valence-electron chi connectivity index (χ2n) is 9.21. The molecule has 33 heavy (non-hydrogen) atoms. The van der Waals surface area contributed by atoms with E-state index in [1.54, 1.807) is 24.3 Å². The topological polar surface area (TPSA) is 74.6 Å². The summed E-state index contributed by atoms with van der Waals surface area (Å²) in [5, 5.41) is 20.4. The van der Waals surface area contributed by atoms with Crippen LogP contribution >= 0.6 is 0 Å². The molecule has 0 aromatic heterocycles. The van der Waals surface area contributed by atoms with Gasteiger partial charge in [-0.15, -0.1) is 0 Å². The van der Waals surface area contributed by atoms with Crippen molar-refractivity contribution in [3.05, 3.63) is 47.5 Å². The molecule has 0 saturated heterocycles. The van der Waals surface area contributed by atoms with Crippen LogP contribution in [-0.4, -0.2) is 18.6 Å². The SMILES string of the molecule is CCCCCCCCc1cc(O)cc(S(=O)(=O)c2cc(O)cc(CCCCCCCC)c2)c1. The zero-order valence-corrected chi connectivity index (χ0v) is 21.3. The molecule has 0 aliphatic heterocycles. The van der Waals surface area contributed by atoms with Crippen molar-refractivity contribution in [2.24, 2.45) is 0 Å². The first-order valence-corrected chi connectivity index (χ1v) is 14.3. The van der Waals surface area contributed by atoms with Crippen molar-refractivity contribution in [2.45, 2.75) is 114 Å². The Hall–Kier alpha value is -2.01. The molecule has 2 rings (SSSR count). The van der Waals surface area contributed by atoms with Crippen LogP contribution < -0.4 is 0 Å². The summed E-state index contributed by atoms with van der Waals surface area (Å²) in [5.74, 6) is -0.0750. The molecule has 4 nitrogen and oxygen atoms in total. The minimum atomic E-state index is -3.83. The summed E-state index contributed by atoms with van der Waals surface area (Å²) in [6.45, 7) is 4.39. The number of rotatable bonds is 16. The molecule has 2 N–H and O–H groups in total. The summed E-state index contributed by atoms with van der Waals surface area (Å²) in [5.41, 5.74) is 1.66. The average molecular weight is 475 g/mol. The highest BCUT2D eigenvalue weighted by molar-refractivity contribution is 7.91. The lowest BCUT2D eigenvalue weighted by molar-refractivity contribution is 0.471. The van der Waals surface area contributed by atoms with Crippen molar-refractivity contribution >= 4 is 9.84 Å². The van der Waals surface area contributed by atoms with Crippen LogP contribution in [0.25, 0.3) is 0 Å². The summed E-state index contributed by atoms with van der Waals surface area (Å²) in [6.07, 6.45) is 15.4. The van der Waals surface area contributed by atoms with Crippen LogP contribution in [0.5, 0.6) is 11.5 Å². The lowest BCUT2D eigenvalue weighted by Gasteiger charge is -2.11. The molecule has 0 aliphatic rings. The Kier molecular flexibility index (Phi) is 11.8. The highest BCUT2D eigenvalue weighted by atomic mass is 32.2. The molecule has 0 spiro atoms. The molecule has 0 radical (unpaired) electrons. The Morgan fingerprint density at radius 2 is 0.909 bits per heavy atom. The number of hydrogen-bond acceptors (Lipinski definition) is 4. The predicted octanol–water partition coefficient (Wildman–Crippen LogP) is 7.74. The van der Waals surface area contributed by atoms with Crippen LogP contribution in [0.3, 0.4) is 0 Å². The maximum atomic E-state index is 13.3. The summed E-state index contributed by atoms with van der Waals surface area (Å²) < 4.78 is 26.6. The van der Waals surface area contributed by atoms with E-state index in [2.05, 4.69) is 13.8 Å². The van der Waals surface area contributed by atoms with E-state index in [1.165, 1.54) is 63.5 Å². The molecule has 0 atom stereocenters. The Bertz CT molecular complexity index is 879. The van der Waals surface area contributed by atoms with Gasteiger partial charge in [-0.3, -0.25) is 0 Å².